The van der Waals surface area contributed by atoms with E-state index in [-0.39, 0.29) is 0 Å². The van der Waals surface area contributed by atoms with Crippen molar-refractivity contribution in [3.8, 4) is 5.75 Å². The van der Waals surface area contributed by atoms with Gasteiger partial charge in [0.15, 0.2) is 0 Å². The Balaban J connectivity index is 1.82. The molecule has 0 radical (unpaired) electrons. The number of carbonyl (C=O) groups is 1. The van der Waals surface area contributed by atoms with Crippen molar-refractivity contribution in [3.05, 3.63) is 64.0 Å². The van der Waals surface area contributed by atoms with Crippen LogP contribution in [0.2, 0.25) is 5.02 Å². The Morgan fingerprint density at radius 3 is 2.52 bits per heavy atom. The third-order valence-corrected chi connectivity index (χ3v) is 5.65. The molecule has 3 aromatic rings. The lowest BCUT2D eigenvalue weighted by atomic mass is 9.99. The third kappa shape index (κ3) is 3.26. The molecule has 1 aromatic heterocycles. The van der Waals surface area contributed by atoms with Crippen LogP contribution in [0.5, 0.6) is 5.75 Å². The van der Waals surface area contributed by atoms with Crippen LogP contribution < -0.4 is 4.74 Å². The molecule has 118 valence electrons. The minimum atomic E-state index is -0.410. The molecular formula is C19H17ClO2S. The quantitative estimate of drug-likeness (QED) is 0.411. The molecule has 3 rings (SSSR count). The fourth-order valence-electron chi connectivity index (χ4n) is 2.40. The van der Waals surface area contributed by atoms with E-state index in [9.17, 15) is 4.79 Å². The largest absolute Gasteiger partial charge is 0.422 e. The predicted octanol–water partition coefficient (Wildman–Crippen LogP) is 6.29. The maximum Gasteiger partial charge on any atom is 0.355 e. The van der Waals surface area contributed by atoms with Crippen LogP contribution in [0.15, 0.2) is 48.5 Å². The van der Waals surface area contributed by atoms with E-state index in [1.54, 1.807) is 0 Å². The SMILES string of the molecule is CCC(C)c1ccc(OC(=O)c2sc3ccccc3c2Cl)cc1. The Kier molecular flexibility index (Phi) is 4.69. The van der Waals surface area contributed by atoms with Gasteiger partial charge in [-0.25, -0.2) is 4.79 Å². The number of benzene rings is 2. The van der Waals surface area contributed by atoms with Crippen LogP contribution in [0.1, 0.15) is 41.4 Å². The average Bonchev–Trinajstić information content (AvgIpc) is 2.92. The van der Waals surface area contributed by atoms with Gasteiger partial charge in [0.1, 0.15) is 10.6 Å². The summed E-state index contributed by atoms with van der Waals surface area (Å²) in [6.07, 6.45) is 1.08. The van der Waals surface area contributed by atoms with Crippen molar-refractivity contribution in [2.75, 3.05) is 0 Å². The lowest BCUT2D eigenvalue weighted by Gasteiger charge is -2.09. The first kappa shape index (κ1) is 16.0. The Morgan fingerprint density at radius 2 is 1.87 bits per heavy atom. The lowest BCUT2D eigenvalue weighted by Crippen LogP contribution is -2.07. The fourth-order valence-corrected chi connectivity index (χ4v) is 3.78. The van der Waals surface area contributed by atoms with E-state index < -0.39 is 5.97 Å². The standard InChI is InChI=1S/C19H17ClO2S/c1-3-12(2)13-8-10-14(11-9-13)22-19(21)18-17(20)15-6-4-5-7-16(15)23-18/h4-12H,3H2,1-2H3. The van der Waals surface area contributed by atoms with Crippen molar-refractivity contribution in [2.24, 2.45) is 0 Å². The van der Waals surface area contributed by atoms with Gasteiger partial charge >= 0.3 is 5.97 Å². The second-order valence-electron chi connectivity index (χ2n) is 5.51. The van der Waals surface area contributed by atoms with Gasteiger partial charge in [-0.3, -0.25) is 0 Å². The van der Waals surface area contributed by atoms with Gasteiger partial charge in [0.2, 0.25) is 0 Å². The topological polar surface area (TPSA) is 26.3 Å². The molecule has 2 aromatic carbocycles. The second-order valence-corrected chi connectivity index (χ2v) is 6.94. The Bertz CT molecular complexity index is 836. The normalized spacial score (nSPS) is 12.3. The molecule has 0 saturated heterocycles. The summed E-state index contributed by atoms with van der Waals surface area (Å²) >= 11 is 7.67. The maximum atomic E-state index is 12.4. The lowest BCUT2D eigenvalue weighted by molar-refractivity contribution is 0.0740. The first-order chi connectivity index (χ1) is 11.1. The second kappa shape index (κ2) is 6.73. The molecule has 0 saturated carbocycles. The number of carbonyl (C=O) groups excluding carboxylic acids is 1. The number of thiophene rings is 1. The van der Waals surface area contributed by atoms with Crippen molar-refractivity contribution in [1.29, 1.82) is 0 Å². The van der Waals surface area contributed by atoms with E-state index in [0.717, 1.165) is 16.5 Å². The summed E-state index contributed by atoms with van der Waals surface area (Å²) in [6, 6.07) is 15.4. The number of halogens is 1. The first-order valence-electron chi connectivity index (χ1n) is 7.59. The summed E-state index contributed by atoms with van der Waals surface area (Å²) in [4.78, 5) is 12.8. The maximum absolute atomic E-state index is 12.4. The Morgan fingerprint density at radius 1 is 1.17 bits per heavy atom. The molecule has 1 heterocycles. The summed E-state index contributed by atoms with van der Waals surface area (Å²) in [5.74, 6) is 0.625. The minimum Gasteiger partial charge on any atom is -0.422 e. The van der Waals surface area contributed by atoms with Crippen LogP contribution in [0.25, 0.3) is 10.1 Å². The number of fused-ring (bicyclic) bond motifs is 1. The van der Waals surface area contributed by atoms with Gasteiger partial charge in [0.05, 0.1) is 5.02 Å². The summed E-state index contributed by atoms with van der Waals surface area (Å²) < 4.78 is 6.45. The van der Waals surface area contributed by atoms with E-state index in [1.807, 2.05) is 48.5 Å². The van der Waals surface area contributed by atoms with Crippen molar-refractivity contribution < 1.29 is 9.53 Å². The highest BCUT2D eigenvalue weighted by atomic mass is 35.5. The molecule has 0 aliphatic carbocycles. The zero-order chi connectivity index (χ0) is 16.4. The zero-order valence-corrected chi connectivity index (χ0v) is 14.6. The average molecular weight is 345 g/mol. The number of hydrogen-bond acceptors (Lipinski definition) is 3. The van der Waals surface area contributed by atoms with Gasteiger partial charge in [0, 0.05) is 10.1 Å². The van der Waals surface area contributed by atoms with Gasteiger partial charge in [-0.05, 0) is 36.1 Å². The molecule has 0 bridgehead atoms. The summed E-state index contributed by atoms with van der Waals surface area (Å²) in [5, 5.41) is 1.35. The van der Waals surface area contributed by atoms with E-state index >= 15 is 0 Å². The monoisotopic (exact) mass is 344 g/mol. The molecular weight excluding hydrogens is 328 g/mol. The molecule has 2 nitrogen and oxygen atoms in total. The van der Waals surface area contributed by atoms with Crippen LogP contribution in [-0.2, 0) is 0 Å². The van der Waals surface area contributed by atoms with Gasteiger partial charge in [-0.15, -0.1) is 11.3 Å². The number of rotatable bonds is 4. The van der Waals surface area contributed by atoms with E-state index in [2.05, 4.69) is 13.8 Å². The van der Waals surface area contributed by atoms with Crippen LogP contribution in [0.3, 0.4) is 0 Å². The predicted molar refractivity (Wildman–Crippen MR) is 96.9 cm³/mol. The number of hydrogen-bond donors (Lipinski definition) is 0. The fraction of sp³-hybridized carbons (Fsp3) is 0.211. The third-order valence-electron chi connectivity index (χ3n) is 3.99. The molecule has 0 spiro atoms. The molecule has 0 aliphatic heterocycles. The molecule has 4 heteroatoms. The highest BCUT2D eigenvalue weighted by Gasteiger charge is 2.19. The van der Waals surface area contributed by atoms with Crippen molar-refractivity contribution in [3.63, 3.8) is 0 Å². The summed E-state index contributed by atoms with van der Waals surface area (Å²) in [6.45, 7) is 4.33. The van der Waals surface area contributed by atoms with Crippen LogP contribution in [0.4, 0.5) is 0 Å². The summed E-state index contributed by atoms with van der Waals surface area (Å²) in [5.41, 5.74) is 1.24. The number of esters is 1. The smallest absolute Gasteiger partial charge is 0.355 e. The van der Waals surface area contributed by atoms with Crippen molar-refractivity contribution >= 4 is 39.0 Å². The van der Waals surface area contributed by atoms with Gasteiger partial charge in [-0.2, -0.15) is 0 Å². The van der Waals surface area contributed by atoms with Crippen LogP contribution in [0, 0.1) is 0 Å². The molecule has 1 atom stereocenters. The highest BCUT2D eigenvalue weighted by Crippen LogP contribution is 2.35. The first-order valence-corrected chi connectivity index (χ1v) is 8.78. The molecule has 0 fully saturated rings. The Labute approximate surface area is 144 Å². The molecule has 23 heavy (non-hydrogen) atoms. The van der Waals surface area contributed by atoms with Gasteiger partial charge in [0.25, 0.3) is 0 Å². The molecule has 0 aliphatic rings. The zero-order valence-electron chi connectivity index (χ0n) is 13.0. The van der Waals surface area contributed by atoms with Crippen LogP contribution >= 0.6 is 22.9 Å². The van der Waals surface area contributed by atoms with Gasteiger partial charge in [-0.1, -0.05) is 55.8 Å². The highest BCUT2D eigenvalue weighted by molar-refractivity contribution is 7.21. The van der Waals surface area contributed by atoms with Crippen LogP contribution in [-0.4, -0.2) is 5.97 Å². The molecule has 0 N–H and O–H groups in total. The molecule has 0 amide bonds. The summed E-state index contributed by atoms with van der Waals surface area (Å²) in [7, 11) is 0. The van der Waals surface area contributed by atoms with Crippen molar-refractivity contribution in [2.45, 2.75) is 26.2 Å². The van der Waals surface area contributed by atoms with E-state index in [4.69, 9.17) is 16.3 Å². The Hall–Kier alpha value is -1.84. The molecule has 1 unspecified atom stereocenters. The van der Waals surface area contributed by atoms with E-state index in [0.29, 0.717) is 21.6 Å². The van der Waals surface area contributed by atoms with Crippen molar-refractivity contribution in [1.82, 2.24) is 0 Å². The minimum absolute atomic E-state index is 0.410. The van der Waals surface area contributed by atoms with Gasteiger partial charge < -0.3 is 4.74 Å². The number of ether oxygens (including phenoxy) is 1. The van der Waals surface area contributed by atoms with E-state index in [1.165, 1.54) is 16.9 Å².